The molecule has 0 radical (unpaired) electrons. The van der Waals surface area contributed by atoms with Crippen molar-refractivity contribution in [2.24, 2.45) is 0 Å². The Kier molecular flexibility index (Phi) is 5.72. The third-order valence-electron chi connectivity index (χ3n) is 5.30. The first-order valence-corrected chi connectivity index (χ1v) is 11.3. The molecule has 0 aliphatic carbocycles. The van der Waals surface area contributed by atoms with Crippen molar-refractivity contribution in [3.8, 4) is 0 Å². The van der Waals surface area contributed by atoms with Crippen molar-refractivity contribution in [2.75, 3.05) is 37.3 Å². The van der Waals surface area contributed by atoms with Crippen LogP contribution >= 0.6 is 23.4 Å². The Hall–Kier alpha value is -2.02. The number of alkyl halides is 1. The highest BCUT2D eigenvalue weighted by molar-refractivity contribution is 7.99. The van der Waals surface area contributed by atoms with E-state index in [2.05, 4.69) is 59.5 Å². The summed E-state index contributed by atoms with van der Waals surface area (Å²) in [7, 11) is 0. The van der Waals surface area contributed by atoms with Crippen LogP contribution in [0.15, 0.2) is 82.6 Å². The van der Waals surface area contributed by atoms with Crippen LogP contribution in [0.4, 0.5) is 11.4 Å². The predicted octanol–water partition coefficient (Wildman–Crippen LogP) is 5.75. The van der Waals surface area contributed by atoms with Gasteiger partial charge in [0.25, 0.3) is 0 Å². The molecule has 2 aliphatic heterocycles. The smallest absolute Gasteiger partial charge is 0.222 e. The van der Waals surface area contributed by atoms with Crippen LogP contribution in [0.25, 0.3) is 0 Å². The fraction of sp³-hybridized carbons (Fsp3) is 0.250. The quantitative estimate of drug-likeness (QED) is 0.360. The summed E-state index contributed by atoms with van der Waals surface area (Å²) in [6.45, 7) is 2.06. The maximum atomic E-state index is 6.21. The number of nitrogens with zero attached hydrogens (tertiary/aromatic N) is 1. The van der Waals surface area contributed by atoms with Gasteiger partial charge >= 0.3 is 0 Å². The molecule has 5 rings (SSSR count). The first-order valence-electron chi connectivity index (χ1n) is 9.98. The molecule has 1 fully saturated rings. The van der Waals surface area contributed by atoms with Gasteiger partial charge in [0.05, 0.1) is 31.2 Å². The number of para-hydroxylation sites is 1. The lowest BCUT2D eigenvalue weighted by Crippen LogP contribution is -2.30. The molecule has 0 saturated carbocycles. The van der Waals surface area contributed by atoms with Gasteiger partial charge in [-0.3, -0.25) is 0 Å². The van der Waals surface area contributed by atoms with Crippen molar-refractivity contribution in [1.82, 2.24) is 0 Å². The molecule has 0 aromatic heterocycles. The van der Waals surface area contributed by atoms with E-state index in [4.69, 9.17) is 25.8 Å². The average molecular weight is 440 g/mol. The minimum absolute atomic E-state index is 0.431. The minimum atomic E-state index is -0.888. The van der Waals surface area contributed by atoms with E-state index < -0.39 is 5.79 Å². The second-order valence-corrected chi connectivity index (χ2v) is 8.55. The molecule has 1 saturated heterocycles. The van der Waals surface area contributed by atoms with Crippen molar-refractivity contribution < 1.29 is 14.2 Å². The van der Waals surface area contributed by atoms with Crippen LogP contribution < -0.4 is 4.90 Å². The van der Waals surface area contributed by atoms with Crippen LogP contribution in [0.1, 0.15) is 11.1 Å². The normalized spacial score (nSPS) is 16.9. The highest BCUT2D eigenvalue weighted by Gasteiger charge is 2.41. The van der Waals surface area contributed by atoms with Crippen molar-refractivity contribution in [1.29, 1.82) is 0 Å². The van der Waals surface area contributed by atoms with E-state index in [1.807, 2.05) is 18.2 Å². The Labute approximate surface area is 185 Å². The first-order chi connectivity index (χ1) is 14.8. The summed E-state index contributed by atoms with van der Waals surface area (Å²) in [6.07, 6.45) is 0. The Morgan fingerprint density at radius 2 is 1.60 bits per heavy atom. The molecule has 154 valence electrons. The summed E-state index contributed by atoms with van der Waals surface area (Å²) in [5, 5.41) is 0. The highest BCUT2D eigenvalue weighted by Crippen LogP contribution is 2.50. The van der Waals surface area contributed by atoms with Gasteiger partial charge in [0.1, 0.15) is 6.73 Å². The number of fused-ring (bicyclic) bond motifs is 2. The average Bonchev–Trinajstić information content (AvgIpc) is 3.30. The highest BCUT2D eigenvalue weighted by atomic mass is 35.5. The molecule has 0 unspecified atom stereocenters. The zero-order valence-electron chi connectivity index (χ0n) is 16.4. The maximum absolute atomic E-state index is 6.21. The Bertz CT molecular complexity index is 1020. The van der Waals surface area contributed by atoms with Gasteiger partial charge < -0.3 is 19.1 Å². The fourth-order valence-corrected chi connectivity index (χ4v) is 5.14. The van der Waals surface area contributed by atoms with E-state index in [-0.39, 0.29) is 0 Å². The standard InChI is InChI=1S/C24H22ClNO3S/c25-12-13-27-17-26-20-8-4-5-9-22(20)30-23-11-10-19(16-21(23)26)24(28-14-15-29-24)18-6-2-1-3-7-18/h1-11,16H,12-15,17H2. The van der Waals surface area contributed by atoms with E-state index in [9.17, 15) is 0 Å². The second-order valence-electron chi connectivity index (χ2n) is 7.09. The van der Waals surface area contributed by atoms with E-state index in [1.54, 1.807) is 11.8 Å². The molecular formula is C24H22ClNO3S. The number of halogens is 1. The van der Waals surface area contributed by atoms with Crippen molar-refractivity contribution in [3.05, 3.63) is 83.9 Å². The molecule has 6 heteroatoms. The molecule has 0 bridgehead atoms. The minimum Gasteiger partial charge on any atom is -0.360 e. The Morgan fingerprint density at radius 3 is 2.40 bits per heavy atom. The van der Waals surface area contributed by atoms with Gasteiger partial charge in [-0.05, 0) is 24.3 Å². The third kappa shape index (κ3) is 3.51. The number of ether oxygens (including phenoxy) is 3. The van der Waals surface area contributed by atoms with Crippen LogP contribution in [-0.2, 0) is 20.0 Å². The molecule has 0 spiro atoms. The molecule has 0 atom stereocenters. The number of hydrogen-bond donors (Lipinski definition) is 0. The summed E-state index contributed by atoms with van der Waals surface area (Å²) in [5.41, 5.74) is 4.19. The van der Waals surface area contributed by atoms with Gasteiger partial charge in [-0.1, -0.05) is 60.3 Å². The van der Waals surface area contributed by atoms with E-state index in [1.165, 1.54) is 9.79 Å². The van der Waals surface area contributed by atoms with E-state index >= 15 is 0 Å². The molecular weight excluding hydrogens is 418 g/mol. The van der Waals surface area contributed by atoms with Crippen LogP contribution in [0, 0.1) is 0 Å². The van der Waals surface area contributed by atoms with Gasteiger partial charge in [-0.25, -0.2) is 0 Å². The van der Waals surface area contributed by atoms with Gasteiger partial charge in [0.15, 0.2) is 0 Å². The van der Waals surface area contributed by atoms with E-state index in [0.717, 1.165) is 22.5 Å². The fourth-order valence-electron chi connectivity index (χ4n) is 3.95. The van der Waals surface area contributed by atoms with Crippen LogP contribution in [0.5, 0.6) is 0 Å². The second kappa shape index (κ2) is 8.61. The van der Waals surface area contributed by atoms with Crippen molar-refractivity contribution in [2.45, 2.75) is 15.6 Å². The number of benzene rings is 3. The summed E-state index contributed by atoms with van der Waals surface area (Å²) in [5.74, 6) is -0.420. The number of rotatable bonds is 6. The largest absolute Gasteiger partial charge is 0.360 e. The molecule has 0 N–H and O–H groups in total. The SMILES string of the molecule is ClCCOCN1c2ccccc2Sc2ccc(C3(c4ccccc4)OCCO3)cc21. The van der Waals surface area contributed by atoms with Crippen LogP contribution in [0.3, 0.4) is 0 Å². The molecule has 3 aromatic carbocycles. The molecule has 0 amide bonds. The molecule has 2 heterocycles. The predicted molar refractivity (Wildman–Crippen MR) is 120 cm³/mol. The van der Waals surface area contributed by atoms with Crippen LogP contribution in [0.2, 0.25) is 0 Å². The summed E-state index contributed by atoms with van der Waals surface area (Å²) in [6, 6.07) is 24.9. The number of anilines is 2. The topological polar surface area (TPSA) is 30.9 Å². The van der Waals surface area contributed by atoms with Gasteiger partial charge in [-0.2, -0.15) is 0 Å². The van der Waals surface area contributed by atoms with Gasteiger partial charge in [-0.15, -0.1) is 11.6 Å². The Morgan fingerprint density at radius 1 is 0.867 bits per heavy atom. The molecule has 3 aromatic rings. The van der Waals surface area contributed by atoms with Gasteiger partial charge in [0, 0.05) is 26.8 Å². The summed E-state index contributed by atoms with van der Waals surface area (Å²) in [4.78, 5) is 4.58. The molecule has 4 nitrogen and oxygen atoms in total. The van der Waals surface area contributed by atoms with Gasteiger partial charge in [0.2, 0.25) is 5.79 Å². The van der Waals surface area contributed by atoms with Crippen LogP contribution in [-0.4, -0.2) is 32.4 Å². The third-order valence-corrected chi connectivity index (χ3v) is 6.58. The molecule has 30 heavy (non-hydrogen) atoms. The van der Waals surface area contributed by atoms with Crippen molar-refractivity contribution >= 4 is 34.7 Å². The maximum Gasteiger partial charge on any atom is 0.222 e. The first kappa shape index (κ1) is 19.9. The zero-order valence-corrected chi connectivity index (χ0v) is 18.0. The summed E-state index contributed by atoms with van der Waals surface area (Å²) >= 11 is 7.60. The monoisotopic (exact) mass is 439 g/mol. The zero-order chi connectivity index (χ0) is 20.4. The number of hydrogen-bond acceptors (Lipinski definition) is 5. The Balaban J connectivity index is 1.59. The molecule has 2 aliphatic rings. The summed E-state index contributed by atoms with van der Waals surface area (Å²) < 4.78 is 18.3. The lowest BCUT2D eigenvalue weighted by Gasteiger charge is -2.35. The lowest BCUT2D eigenvalue weighted by molar-refractivity contribution is -0.129. The van der Waals surface area contributed by atoms with Crippen molar-refractivity contribution in [3.63, 3.8) is 0 Å². The lowest BCUT2D eigenvalue weighted by atomic mass is 9.96. The van der Waals surface area contributed by atoms with E-state index in [0.29, 0.717) is 32.4 Å².